The van der Waals surface area contributed by atoms with Crippen molar-refractivity contribution in [1.29, 1.82) is 0 Å². The highest BCUT2D eigenvalue weighted by atomic mass is 79.9. The van der Waals surface area contributed by atoms with E-state index >= 15 is 0 Å². The summed E-state index contributed by atoms with van der Waals surface area (Å²) in [4.78, 5) is 1.17. The predicted octanol–water partition coefficient (Wildman–Crippen LogP) is 3.82. The maximum Gasteiger partial charge on any atom is 0.175 e. The zero-order valence-corrected chi connectivity index (χ0v) is 15.5. The largest absolute Gasteiger partial charge is 0.490 e. The molecular formula is C16H17BrN4O2S. The Morgan fingerprint density at radius 1 is 1.25 bits per heavy atom. The molecule has 0 fully saturated rings. The molecule has 3 aromatic rings. The van der Waals surface area contributed by atoms with Gasteiger partial charge >= 0.3 is 0 Å². The van der Waals surface area contributed by atoms with Crippen molar-refractivity contribution in [3.05, 3.63) is 57.2 Å². The monoisotopic (exact) mass is 408 g/mol. The van der Waals surface area contributed by atoms with E-state index in [9.17, 15) is 0 Å². The van der Waals surface area contributed by atoms with Crippen molar-refractivity contribution in [2.45, 2.75) is 20.1 Å². The number of halogens is 1. The Hall–Kier alpha value is -2.06. The quantitative estimate of drug-likeness (QED) is 0.613. The summed E-state index contributed by atoms with van der Waals surface area (Å²) in [5.74, 6) is 1.45. The SMILES string of the molecule is CCOc1cc(CNn2cnnc2)cc(Br)c1OCc1cccs1. The van der Waals surface area contributed by atoms with Gasteiger partial charge in [-0.2, -0.15) is 0 Å². The number of hydrogen-bond acceptors (Lipinski definition) is 6. The van der Waals surface area contributed by atoms with Gasteiger partial charge in [0.1, 0.15) is 19.3 Å². The zero-order valence-electron chi connectivity index (χ0n) is 13.1. The first-order valence-electron chi connectivity index (χ1n) is 7.45. The van der Waals surface area contributed by atoms with Gasteiger partial charge in [0.25, 0.3) is 0 Å². The van der Waals surface area contributed by atoms with Gasteiger partial charge in [-0.05, 0) is 52.0 Å². The third-order valence-corrected chi connectivity index (χ3v) is 4.63. The van der Waals surface area contributed by atoms with Gasteiger partial charge in [0.05, 0.1) is 17.6 Å². The van der Waals surface area contributed by atoms with Crippen LogP contribution in [-0.2, 0) is 13.2 Å². The summed E-state index contributed by atoms with van der Waals surface area (Å²) in [5, 5.41) is 9.56. The Kier molecular flexibility index (Phi) is 5.71. The summed E-state index contributed by atoms with van der Waals surface area (Å²) in [6.07, 6.45) is 3.22. The molecule has 0 spiro atoms. The Bertz CT molecular complexity index is 763. The van der Waals surface area contributed by atoms with Crippen molar-refractivity contribution in [1.82, 2.24) is 14.9 Å². The summed E-state index contributed by atoms with van der Waals surface area (Å²) >= 11 is 5.26. The number of aromatic nitrogens is 3. The summed E-state index contributed by atoms with van der Waals surface area (Å²) in [6.45, 7) is 3.67. The van der Waals surface area contributed by atoms with E-state index in [1.807, 2.05) is 30.5 Å². The summed E-state index contributed by atoms with van der Waals surface area (Å²) in [6, 6.07) is 8.07. The van der Waals surface area contributed by atoms with Crippen molar-refractivity contribution in [2.75, 3.05) is 12.0 Å². The number of nitrogens with zero attached hydrogens (tertiary/aromatic N) is 3. The molecule has 8 heteroatoms. The molecule has 1 aromatic carbocycles. The van der Waals surface area contributed by atoms with E-state index in [4.69, 9.17) is 9.47 Å². The topological polar surface area (TPSA) is 61.2 Å². The fourth-order valence-corrected chi connectivity index (χ4v) is 3.35. The van der Waals surface area contributed by atoms with Crippen LogP contribution in [0.4, 0.5) is 0 Å². The maximum atomic E-state index is 5.96. The number of benzene rings is 1. The molecule has 24 heavy (non-hydrogen) atoms. The van der Waals surface area contributed by atoms with E-state index in [1.54, 1.807) is 28.7 Å². The van der Waals surface area contributed by atoms with Crippen molar-refractivity contribution in [3.8, 4) is 11.5 Å². The molecule has 0 amide bonds. The molecule has 2 aromatic heterocycles. The first-order chi connectivity index (χ1) is 11.8. The summed E-state index contributed by atoms with van der Waals surface area (Å²) < 4.78 is 14.3. The van der Waals surface area contributed by atoms with Gasteiger partial charge in [-0.3, -0.25) is 0 Å². The van der Waals surface area contributed by atoms with Gasteiger partial charge in [0, 0.05) is 4.88 Å². The third kappa shape index (κ3) is 4.27. The number of ether oxygens (including phenoxy) is 2. The van der Waals surface area contributed by atoms with E-state index in [0.717, 1.165) is 21.5 Å². The highest BCUT2D eigenvalue weighted by Crippen LogP contribution is 2.37. The van der Waals surface area contributed by atoms with Crippen LogP contribution in [0.1, 0.15) is 17.4 Å². The lowest BCUT2D eigenvalue weighted by Crippen LogP contribution is -2.12. The average molecular weight is 409 g/mol. The van der Waals surface area contributed by atoms with Gasteiger partial charge in [-0.15, -0.1) is 21.5 Å². The Morgan fingerprint density at radius 2 is 2.08 bits per heavy atom. The molecule has 0 atom stereocenters. The van der Waals surface area contributed by atoms with Crippen LogP contribution in [0, 0.1) is 0 Å². The van der Waals surface area contributed by atoms with Crippen LogP contribution in [0.15, 0.2) is 46.8 Å². The third-order valence-electron chi connectivity index (χ3n) is 3.19. The van der Waals surface area contributed by atoms with E-state index < -0.39 is 0 Å². The normalized spacial score (nSPS) is 10.6. The first kappa shape index (κ1) is 16.8. The molecule has 0 saturated carbocycles. The lowest BCUT2D eigenvalue weighted by molar-refractivity contribution is 0.269. The highest BCUT2D eigenvalue weighted by Gasteiger charge is 2.13. The smallest absolute Gasteiger partial charge is 0.175 e. The molecule has 0 aliphatic heterocycles. The number of thiophene rings is 1. The van der Waals surface area contributed by atoms with Gasteiger partial charge in [-0.1, -0.05) is 6.07 Å². The fraction of sp³-hybridized carbons (Fsp3) is 0.250. The fourth-order valence-electron chi connectivity index (χ4n) is 2.13. The Labute approximate surface area is 152 Å². The molecule has 0 saturated heterocycles. The van der Waals surface area contributed by atoms with Crippen LogP contribution in [-0.4, -0.2) is 21.5 Å². The minimum Gasteiger partial charge on any atom is -0.490 e. The number of hydrogen-bond donors (Lipinski definition) is 1. The highest BCUT2D eigenvalue weighted by molar-refractivity contribution is 9.10. The second-order valence-electron chi connectivity index (χ2n) is 4.91. The Morgan fingerprint density at radius 3 is 2.79 bits per heavy atom. The molecule has 1 N–H and O–H groups in total. The first-order valence-corrected chi connectivity index (χ1v) is 9.12. The second-order valence-corrected chi connectivity index (χ2v) is 6.80. The molecule has 2 heterocycles. The van der Waals surface area contributed by atoms with E-state index in [2.05, 4.69) is 37.6 Å². The van der Waals surface area contributed by atoms with Crippen LogP contribution in [0.5, 0.6) is 11.5 Å². The minimum absolute atomic E-state index is 0.522. The average Bonchev–Trinajstić information content (AvgIpc) is 3.26. The molecule has 0 bridgehead atoms. The molecular weight excluding hydrogens is 392 g/mol. The Balaban J connectivity index is 1.74. The number of nitrogens with one attached hydrogen (secondary N) is 1. The lowest BCUT2D eigenvalue weighted by Gasteiger charge is -2.15. The van der Waals surface area contributed by atoms with Gasteiger partial charge in [-0.25, -0.2) is 4.68 Å². The van der Waals surface area contributed by atoms with Crippen molar-refractivity contribution >= 4 is 27.3 Å². The lowest BCUT2D eigenvalue weighted by atomic mass is 10.2. The van der Waals surface area contributed by atoms with Crippen molar-refractivity contribution in [2.24, 2.45) is 0 Å². The van der Waals surface area contributed by atoms with E-state index in [0.29, 0.717) is 19.8 Å². The van der Waals surface area contributed by atoms with E-state index in [1.165, 1.54) is 4.88 Å². The van der Waals surface area contributed by atoms with Crippen molar-refractivity contribution < 1.29 is 9.47 Å². The van der Waals surface area contributed by atoms with Crippen LogP contribution >= 0.6 is 27.3 Å². The molecule has 0 aliphatic carbocycles. The molecule has 3 rings (SSSR count). The zero-order chi connectivity index (χ0) is 16.8. The van der Waals surface area contributed by atoms with Gasteiger partial charge in [0.15, 0.2) is 11.5 Å². The predicted molar refractivity (Wildman–Crippen MR) is 97.0 cm³/mol. The van der Waals surface area contributed by atoms with Crippen LogP contribution in [0.3, 0.4) is 0 Å². The molecule has 0 radical (unpaired) electrons. The molecule has 6 nitrogen and oxygen atoms in total. The maximum absolute atomic E-state index is 5.96. The number of rotatable bonds is 8. The van der Waals surface area contributed by atoms with E-state index in [-0.39, 0.29) is 0 Å². The summed E-state index contributed by atoms with van der Waals surface area (Å²) in [5.41, 5.74) is 4.25. The molecule has 0 aliphatic rings. The van der Waals surface area contributed by atoms with Crippen LogP contribution < -0.4 is 14.9 Å². The second kappa shape index (κ2) is 8.16. The standard InChI is InChI=1S/C16H17BrN4O2S/c1-2-22-15-7-12(8-20-21-10-18-19-11-21)6-14(17)16(15)23-9-13-4-3-5-24-13/h3-7,10-11,20H,2,8-9H2,1H3. The molecule has 0 unspecified atom stereocenters. The van der Waals surface area contributed by atoms with Crippen LogP contribution in [0.25, 0.3) is 0 Å². The van der Waals surface area contributed by atoms with Gasteiger partial charge in [0.2, 0.25) is 0 Å². The van der Waals surface area contributed by atoms with Crippen molar-refractivity contribution in [3.63, 3.8) is 0 Å². The summed E-state index contributed by atoms with van der Waals surface area (Å²) in [7, 11) is 0. The minimum atomic E-state index is 0.522. The van der Waals surface area contributed by atoms with Crippen LogP contribution in [0.2, 0.25) is 0 Å². The van der Waals surface area contributed by atoms with Gasteiger partial charge < -0.3 is 14.9 Å². The molecule has 126 valence electrons.